The Kier molecular flexibility index (Phi) is 4.71. The minimum Gasteiger partial charge on any atom is -0.345 e. The lowest BCUT2D eigenvalue weighted by Gasteiger charge is -2.16. The second-order valence-corrected chi connectivity index (χ2v) is 6.59. The van der Waals surface area contributed by atoms with Crippen molar-refractivity contribution in [3.63, 3.8) is 0 Å². The van der Waals surface area contributed by atoms with Crippen molar-refractivity contribution in [1.82, 2.24) is 20.1 Å². The second-order valence-electron chi connectivity index (χ2n) is 6.59. The number of halogens is 2. The van der Waals surface area contributed by atoms with Crippen molar-refractivity contribution in [2.45, 2.75) is 39.8 Å². The van der Waals surface area contributed by atoms with Crippen LogP contribution in [0.25, 0.3) is 11.0 Å². The summed E-state index contributed by atoms with van der Waals surface area (Å²) in [6.45, 7) is 7.42. The van der Waals surface area contributed by atoms with E-state index in [1.54, 1.807) is 30.8 Å². The summed E-state index contributed by atoms with van der Waals surface area (Å²) in [7, 11) is 0. The van der Waals surface area contributed by atoms with Gasteiger partial charge >= 0.3 is 0 Å². The number of carbonyl (C=O) groups excluding carboxylic acids is 1. The molecule has 0 aliphatic rings. The monoisotopic (exact) mass is 358 g/mol. The average molecular weight is 358 g/mol. The number of nitrogens with one attached hydrogen (secondary N) is 1. The van der Waals surface area contributed by atoms with E-state index in [9.17, 15) is 13.6 Å². The first kappa shape index (κ1) is 18.0. The second kappa shape index (κ2) is 6.82. The molecular formula is C19H20F2N4O. The third-order valence-corrected chi connectivity index (χ3v) is 4.21. The normalized spacial score (nSPS) is 12.6. The van der Waals surface area contributed by atoms with Gasteiger partial charge in [0.2, 0.25) is 0 Å². The average Bonchev–Trinajstić information content (AvgIpc) is 2.97. The molecule has 1 amide bonds. The van der Waals surface area contributed by atoms with Crippen molar-refractivity contribution in [2.75, 3.05) is 0 Å². The van der Waals surface area contributed by atoms with E-state index in [0.29, 0.717) is 22.3 Å². The highest BCUT2D eigenvalue weighted by Crippen LogP contribution is 2.23. The van der Waals surface area contributed by atoms with Gasteiger partial charge in [0, 0.05) is 23.4 Å². The summed E-state index contributed by atoms with van der Waals surface area (Å²) >= 11 is 0. The third-order valence-electron chi connectivity index (χ3n) is 4.21. The first-order valence-corrected chi connectivity index (χ1v) is 8.38. The molecule has 2 aromatic heterocycles. The highest BCUT2D eigenvalue weighted by molar-refractivity contribution is 6.05. The predicted molar refractivity (Wildman–Crippen MR) is 94.9 cm³/mol. The molecule has 3 aromatic rings. The summed E-state index contributed by atoms with van der Waals surface area (Å²) in [6.07, 6.45) is 1.61. The summed E-state index contributed by atoms with van der Waals surface area (Å²) in [6, 6.07) is 4.47. The Morgan fingerprint density at radius 1 is 1.19 bits per heavy atom. The lowest BCUT2D eigenvalue weighted by molar-refractivity contribution is 0.0941. The molecule has 5 nitrogen and oxygen atoms in total. The Labute approximate surface area is 150 Å². The molecular weight excluding hydrogens is 338 g/mol. The van der Waals surface area contributed by atoms with Crippen LogP contribution in [-0.4, -0.2) is 20.7 Å². The van der Waals surface area contributed by atoms with E-state index in [1.807, 2.05) is 13.8 Å². The number of carbonyl (C=O) groups is 1. The van der Waals surface area contributed by atoms with Crippen LogP contribution < -0.4 is 5.32 Å². The number of aromatic nitrogens is 3. The summed E-state index contributed by atoms with van der Waals surface area (Å²) in [4.78, 5) is 17.3. The Morgan fingerprint density at radius 3 is 2.58 bits per heavy atom. The van der Waals surface area contributed by atoms with E-state index < -0.39 is 17.7 Å². The summed E-state index contributed by atoms with van der Waals surface area (Å²) in [5.74, 6) is -1.71. The predicted octanol–water partition coefficient (Wildman–Crippen LogP) is 4.09. The molecule has 1 atom stereocenters. The molecule has 0 fully saturated rings. The van der Waals surface area contributed by atoms with E-state index in [2.05, 4.69) is 15.4 Å². The van der Waals surface area contributed by atoms with Crippen LogP contribution >= 0.6 is 0 Å². The van der Waals surface area contributed by atoms with Gasteiger partial charge in [0.25, 0.3) is 5.91 Å². The third kappa shape index (κ3) is 3.29. The largest absolute Gasteiger partial charge is 0.345 e. The van der Waals surface area contributed by atoms with Crippen LogP contribution in [0.15, 0.2) is 30.5 Å². The quantitative estimate of drug-likeness (QED) is 0.764. The first-order chi connectivity index (χ1) is 12.3. The lowest BCUT2D eigenvalue weighted by Crippen LogP contribution is -2.27. The molecule has 2 heterocycles. The molecule has 26 heavy (non-hydrogen) atoms. The van der Waals surface area contributed by atoms with Gasteiger partial charge in [-0.1, -0.05) is 6.07 Å². The number of benzene rings is 1. The van der Waals surface area contributed by atoms with Gasteiger partial charge in [-0.3, -0.25) is 4.79 Å². The van der Waals surface area contributed by atoms with Crippen molar-refractivity contribution in [2.24, 2.45) is 0 Å². The van der Waals surface area contributed by atoms with Crippen molar-refractivity contribution in [3.05, 3.63) is 58.9 Å². The highest BCUT2D eigenvalue weighted by atomic mass is 19.1. The van der Waals surface area contributed by atoms with Crippen LogP contribution in [0.2, 0.25) is 0 Å². The summed E-state index contributed by atoms with van der Waals surface area (Å²) < 4.78 is 28.8. The minimum atomic E-state index is -0.693. The minimum absolute atomic E-state index is 0.102. The molecule has 0 aliphatic heterocycles. The van der Waals surface area contributed by atoms with E-state index in [-0.39, 0.29) is 17.5 Å². The number of nitrogens with zero attached hydrogens (tertiary/aromatic N) is 3. The van der Waals surface area contributed by atoms with Crippen molar-refractivity contribution in [1.29, 1.82) is 0 Å². The zero-order valence-corrected chi connectivity index (χ0v) is 15.0. The van der Waals surface area contributed by atoms with Crippen LogP contribution in [0.5, 0.6) is 0 Å². The summed E-state index contributed by atoms with van der Waals surface area (Å²) in [5, 5.41) is 7.71. The van der Waals surface area contributed by atoms with Gasteiger partial charge in [0.05, 0.1) is 23.2 Å². The number of hydrogen-bond acceptors (Lipinski definition) is 3. The van der Waals surface area contributed by atoms with E-state index >= 15 is 0 Å². The fourth-order valence-electron chi connectivity index (χ4n) is 2.91. The van der Waals surface area contributed by atoms with Gasteiger partial charge < -0.3 is 5.32 Å². The fourth-order valence-corrected chi connectivity index (χ4v) is 2.91. The van der Waals surface area contributed by atoms with E-state index in [4.69, 9.17) is 0 Å². The molecule has 0 bridgehead atoms. The van der Waals surface area contributed by atoms with Gasteiger partial charge in [-0.15, -0.1) is 0 Å². The number of pyridine rings is 1. The Morgan fingerprint density at radius 2 is 1.92 bits per heavy atom. The van der Waals surface area contributed by atoms with Gasteiger partial charge in [0.15, 0.2) is 5.65 Å². The molecule has 1 unspecified atom stereocenters. The molecule has 0 saturated heterocycles. The number of hydrogen-bond donors (Lipinski definition) is 1. The SMILES string of the molecule is Cc1cc(C(=O)NC(C)c2ccc(F)cc2F)c2cnn(C(C)C)c2n1. The Hall–Kier alpha value is -2.83. The topological polar surface area (TPSA) is 59.8 Å². The van der Waals surface area contributed by atoms with E-state index in [0.717, 1.165) is 6.07 Å². The molecule has 1 aromatic carbocycles. The molecule has 0 aliphatic carbocycles. The molecule has 3 rings (SSSR count). The molecule has 0 saturated carbocycles. The van der Waals surface area contributed by atoms with Crippen molar-refractivity contribution < 1.29 is 13.6 Å². The molecule has 7 heteroatoms. The van der Waals surface area contributed by atoms with Crippen LogP contribution in [0.3, 0.4) is 0 Å². The Balaban J connectivity index is 1.95. The first-order valence-electron chi connectivity index (χ1n) is 8.38. The fraction of sp³-hybridized carbons (Fsp3) is 0.316. The van der Waals surface area contributed by atoms with Crippen molar-refractivity contribution in [3.8, 4) is 0 Å². The standard InChI is InChI=1S/C19H20F2N4O/c1-10(2)25-18-16(9-22-25)15(7-11(3)23-18)19(26)24-12(4)14-6-5-13(20)8-17(14)21/h5-10,12H,1-4H3,(H,24,26). The van der Waals surface area contributed by atoms with Gasteiger partial charge in [-0.2, -0.15) is 5.10 Å². The molecule has 136 valence electrons. The van der Waals surface area contributed by atoms with Crippen LogP contribution in [0.1, 0.15) is 54.5 Å². The van der Waals surface area contributed by atoms with Gasteiger partial charge in [-0.05, 0) is 39.8 Å². The Bertz CT molecular complexity index is 981. The molecule has 1 N–H and O–H groups in total. The van der Waals surface area contributed by atoms with Gasteiger partial charge in [0.1, 0.15) is 11.6 Å². The maximum atomic E-state index is 13.9. The van der Waals surface area contributed by atoms with Crippen LogP contribution in [-0.2, 0) is 0 Å². The zero-order valence-electron chi connectivity index (χ0n) is 15.0. The van der Waals surface area contributed by atoms with Gasteiger partial charge in [-0.25, -0.2) is 18.4 Å². The highest BCUT2D eigenvalue weighted by Gasteiger charge is 2.20. The number of rotatable bonds is 4. The smallest absolute Gasteiger partial charge is 0.252 e. The molecule has 0 radical (unpaired) electrons. The lowest BCUT2D eigenvalue weighted by atomic mass is 10.1. The number of amides is 1. The maximum Gasteiger partial charge on any atom is 0.252 e. The van der Waals surface area contributed by atoms with Crippen LogP contribution in [0, 0.1) is 18.6 Å². The maximum absolute atomic E-state index is 13.9. The van der Waals surface area contributed by atoms with Crippen LogP contribution in [0.4, 0.5) is 8.78 Å². The zero-order chi connectivity index (χ0) is 19.0. The molecule has 0 spiro atoms. The van der Waals surface area contributed by atoms with E-state index in [1.165, 1.54) is 12.1 Å². The summed E-state index contributed by atoms with van der Waals surface area (Å²) in [5.41, 5.74) is 1.96. The number of aryl methyl sites for hydroxylation is 1. The number of fused-ring (bicyclic) bond motifs is 1. The van der Waals surface area contributed by atoms with Crippen molar-refractivity contribution >= 4 is 16.9 Å².